The number of hydrogen-bond acceptors (Lipinski definition) is 4. The van der Waals surface area contributed by atoms with Gasteiger partial charge in [-0.25, -0.2) is 4.99 Å². The molecule has 1 fully saturated rings. The minimum atomic E-state index is -0.402. The summed E-state index contributed by atoms with van der Waals surface area (Å²) in [5.41, 5.74) is 1.02. The van der Waals surface area contributed by atoms with E-state index in [0.29, 0.717) is 12.6 Å². The highest BCUT2D eigenvalue weighted by atomic mass is 16.6. The predicted molar refractivity (Wildman–Crippen MR) is 93.9 cm³/mol. The van der Waals surface area contributed by atoms with Crippen LogP contribution in [0.3, 0.4) is 0 Å². The molecule has 2 rings (SSSR count). The number of aliphatic hydroxyl groups excluding tert-OH is 1. The smallest absolute Gasteiger partial charge is 0.269 e. The van der Waals surface area contributed by atoms with Gasteiger partial charge in [0.25, 0.3) is 5.69 Å². The Morgan fingerprint density at radius 2 is 1.96 bits per heavy atom. The van der Waals surface area contributed by atoms with Crippen LogP contribution in [-0.4, -0.2) is 34.7 Å². The number of nitrogens with zero attached hydrogens (tertiary/aromatic N) is 2. The first-order valence-electron chi connectivity index (χ1n) is 8.54. The fraction of sp³-hybridized carbons (Fsp3) is 0.588. The van der Waals surface area contributed by atoms with Gasteiger partial charge in [-0.2, -0.15) is 0 Å². The number of aliphatic hydroxyl groups is 1. The molecule has 1 aromatic rings. The van der Waals surface area contributed by atoms with E-state index in [4.69, 9.17) is 0 Å². The van der Waals surface area contributed by atoms with Gasteiger partial charge in [-0.1, -0.05) is 19.1 Å². The number of nitro groups is 1. The Bertz CT molecular complexity index is 551. The van der Waals surface area contributed by atoms with Crippen molar-refractivity contribution in [3.05, 3.63) is 39.9 Å². The molecule has 0 bridgehead atoms. The van der Waals surface area contributed by atoms with Gasteiger partial charge in [0.05, 0.1) is 17.6 Å². The van der Waals surface area contributed by atoms with Crippen molar-refractivity contribution in [1.82, 2.24) is 10.6 Å². The number of aliphatic imine (C=N–C) groups is 1. The van der Waals surface area contributed by atoms with Crippen LogP contribution < -0.4 is 10.6 Å². The Labute approximate surface area is 142 Å². The minimum absolute atomic E-state index is 0.0888. The van der Waals surface area contributed by atoms with E-state index < -0.39 is 4.92 Å². The average molecular weight is 334 g/mol. The Kier molecular flexibility index (Phi) is 6.99. The molecule has 3 N–H and O–H groups in total. The van der Waals surface area contributed by atoms with E-state index in [9.17, 15) is 15.2 Å². The average Bonchev–Trinajstić information content (AvgIpc) is 2.59. The maximum absolute atomic E-state index is 10.7. The molecule has 0 saturated heterocycles. The summed E-state index contributed by atoms with van der Waals surface area (Å²) in [6, 6.07) is 6.79. The summed E-state index contributed by atoms with van der Waals surface area (Å²) in [6.07, 6.45) is 4.34. The van der Waals surface area contributed by atoms with Gasteiger partial charge in [0.1, 0.15) is 0 Å². The summed E-state index contributed by atoms with van der Waals surface area (Å²) in [5, 5.41) is 27.0. The van der Waals surface area contributed by atoms with E-state index in [2.05, 4.69) is 22.5 Å². The van der Waals surface area contributed by atoms with Gasteiger partial charge in [-0.3, -0.25) is 10.1 Å². The molecule has 0 aromatic heterocycles. The van der Waals surface area contributed by atoms with Crippen LogP contribution in [0.1, 0.15) is 44.6 Å². The van der Waals surface area contributed by atoms with Gasteiger partial charge in [0, 0.05) is 24.7 Å². The van der Waals surface area contributed by atoms with E-state index in [1.54, 1.807) is 12.1 Å². The molecule has 0 radical (unpaired) electrons. The third-order valence-electron chi connectivity index (χ3n) is 4.15. The van der Waals surface area contributed by atoms with Crippen LogP contribution in [-0.2, 0) is 6.54 Å². The van der Waals surface area contributed by atoms with Gasteiger partial charge in [0.15, 0.2) is 5.96 Å². The largest absolute Gasteiger partial charge is 0.393 e. The van der Waals surface area contributed by atoms with Gasteiger partial charge in [0.2, 0.25) is 0 Å². The minimum Gasteiger partial charge on any atom is -0.393 e. The maximum atomic E-state index is 10.7. The van der Waals surface area contributed by atoms with E-state index in [-0.39, 0.29) is 11.8 Å². The summed E-state index contributed by atoms with van der Waals surface area (Å²) in [4.78, 5) is 14.9. The molecule has 0 amide bonds. The second-order valence-corrected chi connectivity index (χ2v) is 6.16. The molecule has 1 aliphatic carbocycles. The van der Waals surface area contributed by atoms with E-state index in [1.807, 2.05) is 0 Å². The molecule has 7 nitrogen and oxygen atoms in total. The zero-order chi connectivity index (χ0) is 17.4. The van der Waals surface area contributed by atoms with Gasteiger partial charge < -0.3 is 15.7 Å². The highest BCUT2D eigenvalue weighted by Crippen LogP contribution is 2.18. The monoisotopic (exact) mass is 334 g/mol. The number of non-ortho nitro benzene ring substituents is 1. The first kappa shape index (κ1) is 18.2. The normalized spacial score (nSPS) is 21.3. The van der Waals surface area contributed by atoms with Crippen molar-refractivity contribution in [3.63, 3.8) is 0 Å². The molecule has 7 heteroatoms. The molecule has 1 aliphatic rings. The second kappa shape index (κ2) is 9.22. The maximum Gasteiger partial charge on any atom is 0.269 e. The number of guanidine groups is 1. The van der Waals surface area contributed by atoms with Crippen molar-refractivity contribution in [1.29, 1.82) is 0 Å². The Morgan fingerprint density at radius 1 is 1.29 bits per heavy atom. The molecule has 24 heavy (non-hydrogen) atoms. The lowest BCUT2D eigenvalue weighted by molar-refractivity contribution is -0.384. The summed E-state index contributed by atoms with van der Waals surface area (Å²) >= 11 is 0. The van der Waals surface area contributed by atoms with Crippen LogP contribution in [0, 0.1) is 10.1 Å². The molecule has 0 heterocycles. The SMILES string of the molecule is CCCNC(=NCc1ccc([N+](=O)[O-])cc1)NC1CCC(O)CC1. The molecule has 1 saturated carbocycles. The van der Waals surface area contributed by atoms with Crippen molar-refractivity contribution >= 4 is 11.6 Å². The Hall–Kier alpha value is -2.15. The standard InChI is InChI=1S/C17H26N4O3/c1-2-11-18-17(20-14-5-9-16(22)10-6-14)19-12-13-3-7-15(8-4-13)21(23)24/h3-4,7-8,14,16,22H,2,5-6,9-12H2,1H3,(H2,18,19,20). The van der Waals surface area contributed by atoms with Gasteiger partial charge >= 0.3 is 0 Å². The third-order valence-corrected chi connectivity index (χ3v) is 4.15. The first-order valence-corrected chi connectivity index (χ1v) is 8.54. The lowest BCUT2D eigenvalue weighted by atomic mass is 9.93. The van der Waals surface area contributed by atoms with E-state index in [0.717, 1.165) is 50.2 Å². The van der Waals surface area contributed by atoms with Crippen LogP contribution in [0.5, 0.6) is 0 Å². The van der Waals surface area contributed by atoms with Crippen molar-refractivity contribution in [2.45, 2.75) is 57.7 Å². The van der Waals surface area contributed by atoms with Gasteiger partial charge in [-0.15, -0.1) is 0 Å². The number of rotatable bonds is 6. The van der Waals surface area contributed by atoms with Crippen LogP contribution in [0.15, 0.2) is 29.3 Å². The molecular formula is C17H26N4O3. The topological polar surface area (TPSA) is 99.8 Å². The summed E-state index contributed by atoms with van der Waals surface area (Å²) < 4.78 is 0. The highest BCUT2D eigenvalue weighted by Gasteiger charge is 2.20. The fourth-order valence-electron chi connectivity index (χ4n) is 2.70. The molecule has 1 aromatic carbocycles. The quantitative estimate of drug-likeness (QED) is 0.321. The molecule has 132 valence electrons. The summed E-state index contributed by atoms with van der Waals surface area (Å²) in [6.45, 7) is 3.39. The van der Waals surface area contributed by atoms with Crippen molar-refractivity contribution in [3.8, 4) is 0 Å². The van der Waals surface area contributed by atoms with E-state index >= 15 is 0 Å². The number of benzene rings is 1. The lowest BCUT2D eigenvalue weighted by Crippen LogP contribution is -2.45. The molecule has 0 aliphatic heterocycles. The lowest BCUT2D eigenvalue weighted by Gasteiger charge is -2.27. The van der Waals surface area contributed by atoms with Crippen LogP contribution in [0.2, 0.25) is 0 Å². The van der Waals surface area contributed by atoms with Gasteiger partial charge in [-0.05, 0) is 37.7 Å². The Balaban J connectivity index is 1.95. The van der Waals surface area contributed by atoms with Crippen LogP contribution in [0.25, 0.3) is 0 Å². The fourth-order valence-corrected chi connectivity index (χ4v) is 2.70. The van der Waals surface area contributed by atoms with E-state index in [1.165, 1.54) is 12.1 Å². The number of hydrogen-bond donors (Lipinski definition) is 3. The molecule has 0 atom stereocenters. The molecule has 0 unspecified atom stereocenters. The molecular weight excluding hydrogens is 308 g/mol. The third kappa shape index (κ3) is 5.81. The zero-order valence-corrected chi connectivity index (χ0v) is 14.1. The highest BCUT2D eigenvalue weighted by molar-refractivity contribution is 5.80. The van der Waals surface area contributed by atoms with Crippen molar-refractivity contribution < 1.29 is 10.0 Å². The van der Waals surface area contributed by atoms with Crippen molar-refractivity contribution in [2.24, 2.45) is 4.99 Å². The van der Waals surface area contributed by atoms with Crippen LogP contribution >= 0.6 is 0 Å². The zero-order valence-electron chi connectivity index (χ0n) is 14.1. The number of nitrogens with one attached hydrogen (secondary N) is 2. The first-order chi connectivity index (χ1) is 11.6. The predicted octanol–water partition coefficient (Wildman–Crippen LogP) is 2.34. The van der Waals surface area contributed by atoms with Crippen molar-refractivity contribution in [2.75, 3.05) is 6.54 Å². The Morgan fingerprint density at radius 3 is 2.54 bits per heavy atom. The second-order valence-electron chi connectivity index (χ2n) is 6.16. The molecule has 0 spiro atoms. The summed E-state index contributed by atoms with van der Waals surface area (Å²) in [5.74, 6) is 0.761. The van der Waals surface area contributed by atoms with Crippen LogP contribution in [0.4, 0.5) is 5.69 Å². The summed E-state index contributed by atoms with van der Waals surface area (Å²) in [7, 11) is 0. The number of nitro benzene ring substituents is 1.